The summed E-state index contributed by atoms with van der Waals surface area (Å²) in [6.07, 6.45) is 0.474. The van der Waals surface area contributed by atoms with Gasteiger partial charge in [-0.05, 0) is 19.1 Å². The molecule has 0 aliphatic carbocycles. The molecule has 2 aromatic rings. The first kappa shape index (κ1) is 17.3. The van der Waals surface area contributed by atoms with Crippen molar-refractivity contribution in [2.75, 3.05) is 32.8 Å². The zero-order chi connectivity index (χ0) is 17.8. The van der Waals surface area contributed by atoms with Crippen LogP contribution >= 0.6 is 0 Å². The van der Waals surface area contributed by atoms with E-state index in [1.165, 1.54) is 0 Å². The smallest absolute Gasteiger partial charge is 0.409 e. The van der Waals surface area contributed by atoms with Gasteiger partial charge in [-0.3, -0.25) is 4.79 Å². The van der Waals surface area contributed by atoms with Gasteiger partial charge >= 0.3 is 6.09 Å². The summed E-state index contributed by atoms with van der Waals surface area (Å²) in [7, 11) is 0. The lowest BCUT2D eigenvalue weighted by Gasteiger charge is -2.34. The van der Waals surface area contributed by atoms with E-state index in [4.69, 9.17) is 4.74 Å². The quantitative estimate of drug-likeness (QED) is 0.849. The number of imidazole rings is 1. The maximum absolute atomic E-state index is 12.7. The predicted molar refractivity (Wildman–Crippen MR) is 94.3 cm³/mol. The van der Waals surface area contributed by atoms with Gasteiger partial charge in [0.05, 0.1) is 17.6 Å². The van der Waals surface area contributed by atoms with Crippen LogP contribution in [0.2, 0.25) is 0 Å². The highest BCUT2D eigenvalue weighted by Crippen LogP contribution is 2.17. The van der Waals surface area contributed by atoms with Crippen molar-refractivity contribution in [3.05, 3.63) is 30.1 Å². The van der Waals surface area contributed by atoms with Crippen LogP contribution in [-0.2, 0) is 22.5 Å². The number of hydrogen-bond acceptors (Lipinski definition) is 4. The number of ether oxygens (including phenoxy) is 1. The maximum Gasteiger partial charge on any atom is 0.409 e. The Morgan fingerprint density at radius 1 is 1.08 bits per heavy atom. The minimum atomic E-state index is -0.302. The average molecular weight is 344 g/mol. The molecule has 0 unspecified atom stereocenters. The Kier molecular flexibility index (Phi) is 5.21. The monoisotopic (exact) mass is 344 g/mol. The second-order valence-electron chi connectivity index (χ2n) is 6.02. The van der Waals surface area contributed by atoms with E-state index < -0.39 is 0 Å². The molecule has 1 aliphatic heterocycles. The molecule has 0 spiro atoms. The van der Waals surface area contributed by atoms with E-state index in [9.17, 15) is 9.59 Å². The Morgan fingerprint density at radius 2 is 1.76 bits per heavy atom. The molecule has 0 N–H and O–H groups in total. The van der Waals surface area contributed by atoms with E-state index in [0.717, 1.165) is 23.3 Å². The van der Waals surface area contributed by atoms with Gasteiger partial charge in [0.1, 0.15) is 12.4 Å². The number of para-hydroxylation sites is 2. The van der Waals surface area contributed by atoms with Crippen molar-refractivity contribution >= 4 is 23.0 Å². The van der Waals surface area contributed by atoms with Crippen LogP contribution < -0.4 is 0 Å². The molecule has 0 atom stereocenters. The number of rotatable bonds is 4. The lowest BCUT2D eigenvalue weighted by molar-refractivity contribution is -0.133. The van der Waals surface area contributed by atoms with Crippen LogP contribution in [0, 0.1) is 0 Å². The summed E-state index contributed by atoms with van der Waals surface area (Å²) < 4.78 is 7.01. The van der Waals surface area contributed by atoms with Crippen molar-refractivity contribution in [3.8, 4) is 0 Å². The maximum atomic E-state index is 12.7. The number of hydrogen-bond donors (Lipinski definition) is 0. The lowest BCUT2D eigenvalue weighted by atomic mass is 10.3. The van der Waals surface area contributed by atoms with Crippen molar-refractivity contribution in [2.45, 2.75) is 26.8 Å². The van der Waals surface area contributed by atoms with Gasteiger partial charge in [-0.1, -0.05) is 19.1 Å². The van der Waals surface area contributed by atoms with E-state index >= 15 is 0 Å². The molecule has 2 heterocycles. The number of aromatic nitrogens is 2. The molecule has 0 bridgehead atoms. The minimum Gasteiger partial charge on any atom is -0.450 e. The van der Waals surface area contributed by atoms with E-state index in [1.807, 2.05) is 40.7 Å². The van der Waals surface area contributed by atoms with Crippen molar-refractivity contribution in [1.82, 2.24) is 19.4 Å². The van der Waals surface area contributed by atoms with Gasteiger partial charge in [0.2, 0.25) is 5.91 Å². The minimum absolute atomic E-state index is 0.0568. The molecule has 1 aliphatic rings. The van der Waals surface area contributed by atoms with Crippen molar-refractivity contribution in [1.29, 1.82) is 0 Å². The summed E-state index contributed by atoms with van der Waals surface area (Å²) in [5.41, 5.74) is 1.90. The normalized spacial score (nSPS) is 14.8. The first-order valence-electron chi connectivity index (χ1n) is 8.77. The molecule has 7 nitrogen and oxygen atoms in total. The summed E-state index contributed by atoms with van der Waals surface area (Å²) in [4.78, 5) is 32.5. The second-order valence-corrected chi connectivity index (χ2v) is 6.02. The van der Waals surface area contributed by atoms with Crippen LogP contribution in [0.3, 0.4) is 0 Å². The first-order chi connectivity index (χ1) is 12.1. The molecular weight excluding hydrogens is 320 g/mol. The SMILES string of the molecule is CCOC(=O)N1CCN(C(=O)Cn2c(CC)nc3ccccc32)CC1. The van der Waals surface area contributed by atoms with Crippen LogP contribution in [-0.4, -0.2) is 64.1 Å². The Morgan fingerprint density at radius 3 is 2.44 bits per heavy atom. The highest BCUT2D eigenvalue weighted by molar-refractivity contribution is 5.81. The Balaban J connectivity index is 1.67. The number of fused-ring (bicyclic) bond motifs is 1. The fraction of sp³-hybridized carbons (Fsp3) is 0.500. The summed E-state index contributed by atoms with van der Waals surface area (Å²) in [5.74, 6) is 0.973. The van der Waals surface area contributed by atoms with Crippen molar-refractivity contribution in [2.24, 2.45) is 0 Å². The summed E-state index contributed by atoms with van der Waals surface area (Å²) >= 11 is 0. The fourth-order valence-electron chi connectivity index (χ4n) is 3.16. The molecule has 1 fully saturated rings. The Bertz CT molecular complexity index is 763. The van der Waals surface area contributed by atoms with Gasteiger partial charge in [0, 0.05) is 32.6 Å². The molecule has 7 heteroatoms. The van der Waals surface area contributed by atoms with Gasteiger partial charge in [-0.2, -0.15) is 0 Å². The molecule has 1 saturated heterocycles. The molecule has 134 valence electrons. The third-order valence-corrected chi connectivity index (χ3v) is 4.50. The molecule has 0 saturated carbocycles. The van der Waals surface area contributed by atoms with Crippen LogP contribution in [0.5, 0.6) is 0 Å². The van der Waals surface area contributed by atoms with E-state index in [-0.39, 0.29) is 18.5 Å². The van der Waals surface area contributed by atoms with Crippen molar-refractivity contribution < 1.29 is 14.3 Å². The fourth-order valence-corrected chi connectivity index (χ4v) is 3.16. The number of aryl methyl sites for hydroxylation is 1. The van der Waals surface area contributed by atoms with Gasteiger partial charge < -0.3 is 19.1 Å². The average Bonchev–Trinajstić information content (AvgIpc) is 3.00. The summed E-state index contributed by atoms with van der Waals surface area (Å²) in [6, 6.07) is 7.87. The summed E-state index contributed by atoms with van der Waals surface area (Å²) in [5, 5.41) is 0. The van der Waals surface area contributed by atoms with E-state index in [1.54, 1.807) is 11.8 Å². The van der Waals surface area contributed by atoms with Gasteiger partial charge in [-0.15, -0.1) is 0 Å². The second kappa shape index (κ2) is 7.55. The third kappa shape index (κ3) is 3.60. The Labute approximate surface area is 147 Å². The zero-order valence-electron chi connectivity index (χ0n) is 14.8. The van der Waals surface area contributed by atoms with E-state index in [0.29, 0.717) is 32.8 Å². The number of amides is 2. The highest BCUT2D eigenvalue weighted by atomic mass is 16.6. The molecule has 1 aromatic heterocycles. The number of piperazine rings is 1. The van der Waals surface area contributed by atoms with Gasteiger partial charge in [0.25, 0.3) is 0 Å². The Hall–Kier alpha value is -2.57. The molecular formula is C18H24N4O3. The van der Waals surface area contributed by atoms with Gasteiger partial charge in [0.15, 0.2) is 0 Å². The number of carbonyl (C=O) groups is 2. The summed E-state index contributed by atoms with van der Waals surface area (Å²) in [6.45, 7) is 6.57. The standard InChI is InChI=1S/C18H24N4O3/c1-3-16-19-14-7-5-6-8-15(14)22(16)13-17(23)20-9-11-21(12-10-20)18(24)25-4-2/h5-8H,3-4,9-13H2,1-2H3. The van der Waals surface area contributed by atoms with Gasteiger partial charge in [-0.25, -0.2) is 9.78 Å². The zero-order valence-corrected chi connectivity index (χ0v) is 14.8. The first-order valence-corrected chi connectivity index (χ1v) is 8.77. The van der Waals surface area contributed by atoms with Crippen LogP contribution in [0.1, 0.15) is 19.7 Å². The molecule has 3 rings (SSSR count). The van der Waals surface area contributed by atoms with Crippen LogP contribution in [0.15, 0.2) is 24.3 Å². The predicted octanol–water partition coefficient (Wildman–Crippen LogP) is 1.90. The lowest BCUT2D eigenvalue weighted by Crippen LogP contribution is -2.51. The van der Waals surface area contributed by atoms with Crippen LogP contribution in [0.4, 0.5) is 4.79 Å². The number of benzene rings is 1. The van der Waals surface area contributed by atoms with Crippen LogP contribution in [0.25, 0.3) is 11.0 Å². The third-order valence-electron chi connectivity index (χ3n) is 4.50. The molecule has 0 radical (unpaired) electrons. The van der Waals surface area contributed by atoms with Crippen molar-refractivity contribution in [3.63, 3.8) is 0 Å². The van der Waals surface area contributed by atoms with E-state index in [2.05, 4.69) is 4.98 Å². The number of nitrogens with zero attached hydrogens (tertiary/aromatic N) is 4. The largest absolute Gasteiger partial charge is 0.450 e. The number of carbonyl (C=O) groups excluding carboxylic acids is 2. The molecule has 25 heavy (non-hydrogen) atoms. The molecule has 1 aromatic carbocycles. The molecule has 2 amide bonds. The topological polar surface area (TPSA) is 67.7 Å². The highest BCUT2D eigenvalue weighted by Gasteiger charge is 2.25.